The van der Waals surface area contributed by atoms with Crippen molar-refractivity contribution in [3.63, 3.8) is 0 Å². The maximum absolute atomic E-state index is 11.9. The fourth-order valence-corrected chi connectivity index (χ4v) is 12.2. The molecule has 0 amide bonds. The maximum Gasteiger partial charge on any atom is 0.302 e. The Morgan fingerprint density at radius 1 is 0.763 bits per heavy atom. The van der Waals surface area contributed by atoms with Crippen molar-refractivity contribution in [2.45, 2.75) is 126 Å². The Labute approximate surface area is 232 Å². The summed E-state index contributed by atoms with van der Waals surface area (Å²) in [6.45, 7) is 23.1. The number of carbonyl (C=O) groups excluding carboxylic acids is 2. The molecular formula is C34H54O4. The molecule has 0 aliphatic heterocycles. The van der Waals surface area contributed by atoms with Crippen molar-refractivity contribution in [3.8, 4) is 0 Å². The van der Waals surface area contributed by atoms with Gasteiger partial charge in [0.2, 0.25) is 0 Å². The van der Waals surface area contributed by atoms with Gasteiger partial charge in [-0.1, -0.05) is 46.8 Å². The average Bonchev–Trinajstić information content (AvgIpc) is 3.20. The van der Waals surface area contributed by atoms with Gasteiger partial charge < -0.3 is 9.47 Å². The van der Waals surface area contributed by atoms with Gasteiger partial charge in [-0.15, -0.1) is 0 Å². The Hall–Kier alpha value is -1.32. The molecule has 0 spiro atoms. The van der Waals surface area contributed by atoms with Crippen molar-refractivity contribution in [3.05, 3.63) is 12.2 Å². The van der Waals surface area contributed by atoms with Crippen LogP contribution in [-0.4, -0.2) is 24.6 Å². The molecule has 5 aliphatic rings. The summed E-state index contributed by atoms with van der Waals surface area (Å²) in [6, 6.07) is 0. The quantitative estimate of drug-likeness (QED) is 0.274. The Kier molecular flexibility index (Phi) is 6.76. The molecule has 5 fully saturated rings. The Morgan fingerprint density at radius 2 is 1.47 bits per heavy atom. The molecule has 5 rings (SSSR count). The van der Waals surface area contributed by atoms with Crippen LogP contribution in [-0.2, 0) is 19.1 Å². The van der Waals surface area contributed by atoms with E-state index in [2.05, 4.69) is 48.1 Å². The number of allylic oxidation sites excluding steroid dienone is 1. The fourth-order valence-electron chi connectivity index (χ4n) is 12.2. The predicted octanol–water partition coefficient (Wildman–Crippen LogP) is 8.14. The molecule has 5 saturated carbocycles. The van der Waals surface area contributed by atoms with E-state index < -0.39 is 0 Å². The van der Waals surface area contributed by atoms with Crippen LogP contribution in [0.25, 0.3) is 0 Å². The second-order valence-electron chi connectivity index (χ2n) is 15.8. The standard InChI is InChI=1S/C34H54O4/c1-21(2)24-12-17-34(20-37-22(3)35)19-18-32(8)25(29(24)34)10-11-27-31(7)15-14-28(38-23(4)36)30(5,6)26(31)13-16-33(27,32)9/h24-29H,1,10-20H2,2-9H3/t24?,25-,26?,27?,28+,29?,31+,32-,33-,34-/m1/s1. The number of hydrogen-bond acceptors (Lipinski definition) is 4. The van der Waals surface area contributed by atoms with E-state index in [4.69, 9.17) is 9.47 Å². The third kappa shape index (κ3) is 3.80. The number of fused-ring (bicyclic) bond motifs is 7. The molecule has 38 heavy (non-hydrogen) atoms. The third-order valence-electron chi connectivity index (χ3n) is 14.0. The van der Waals surface area contributed by atoms with Gasteiger partial charge in [-0.2, -0.15) is 0 Å². The first kappa shape index (κ1) is 28.2. The summed E-state index contributed by atoms with van der Waals surface area (Å²) in [5.74, 6) is 2.76. The van der Waals surface area contributed by atoms with Crippen molar-refractivity contribution in [2.24, 2.45) is 56.7 Å². The minimum Gasteiger partial charge on any atom is -0.465 e. The van der Waals surface area contributed by atoms with Crippen LogP contribution in [0, 0.1) is 56.7 Å². The molecule has 0 heterocycles. The van der Waals surface area contributed by atoms with Gasteiger partial charge in [0.15, 0.2) is 0 Å². The molecular weight excluding hydrogens is 472 g/mol. The molecule has 4 nitrogen and oxygen atoms in total. The van der Waals surface area contributed by atoms with Gasteiger partial charge in [0.05, 0.1) is 6.61 Å². The highest BCUT2D eigenvalue weighted by molar-refractivity contribution is 5.66. The van der Waals surface area contributed by atoms with Crippen LogP contribution in [0.2, 0.25) is 0 Å². The summed E-state index contributed by atoms with van der Waals surface area (Å²) in [5, 5.41) is 0. The Bertz CT molecular complexity index is 998. The number of esters is 2. The summed E-state index contributed by atoms with van der Waals surface area (Å²) < 4.78 is 11.7. The topological polar surface area (TPSA) is 52.6 Å². The lowest BCUT2D eigenvalue weighted by Crippen LogP contribution is -2.67. The Balaban J connectivity index is 1.49. The van der Waals surface area contributed by atoms with Crippen molar-refractivity contribution in [2.75, 3.05) is 6.61 Å². The summed E-state index contributed by atoms with van der Waals surface area (Å²) in [4.78, 5) is 23.8. The number of rotatable bonds is 4. The third-order valence-corrected chi connectivity index (χ3v) is 14.0. The molecule has 0 saturated heterocycles. The molecule has 4 unspecified atom stereocenters. The molecule has 4 heteroatoms. The smallest absolute Gasteiger partial charge is 0.302 e. The lowest BCUT2D eigenvalue weighted by atomic mass is 9.32. The summed E-state index contributed by atoms with van der Waals surface area (Å²) in [6.07, 6.45) is 12.0. The zero-order valence-electron chi connectivity index (χ0n) is 25.6. The van der Waals surface area contributed by atoms with Gasteiger partial charge >= 0.3 is 11.9 Å². The SMILES string of the molecule is C=C(C)C1CC[C@]2(COC(C)=O)CC[C@]3(C)[C@H](CCC4[C@@]5(C)CC[C@H](OC(C)=O)C(C)(C)C5CC[C@]43C)C12. The first-order chi connectivity index (χ1) is 17.6. The van der Waals surface area contributed by atoms with Gasteiger partial charge in [-0.3, -0.25) is 9.59 Å². The normalized spacial score (nSPS) is 49.1. The zero-order chi connectivity index (χ0) is 27.9. The van der Waals surface area contributed by atoms with Crippen LogP contribution in [0.3, 0.4) is 0 Å². The summed E-state index contributed by atoms with van der Waals surface area (Å²) in [7, 11) is 0. The number of ether oxygens (including phenoxy) is 2. The minimum atomic E-state index is -0.140. The monoisotopic (exact) mass is 526 g/mol. The molecule has 0 N–H and O–H groups in total. The van der Waals surface area contributed by atoms with Crippen LogP contribution in [0.15, 0.2) is 12.2 Å². The van der Waals surface area contributed by atoms with Gasteiger partial charge in [0, 0.05) is 24.7 Å². The van der Waals surface area contributed by atoms with E-state index in [0.717, 1.165) is 12.8 Å². The largest absolute Gasteiger partial charge is 0.465 e. The van der Waals surface area contributed by atoms with Crippen LogP contribution in [0.4, 0.5) is 0 Å². The number of hydrogen-bond donors (Lipinski definition) is 0. The highest BCUT2D eigenvalue weighted by Crippen LogP contribution is 2.77. The molecule has 214 valence electrons. The van der Waals surface area contributed by atoms with Gasteiger partial charge in [0.25, 0.3) is 0 Å². The zero-order valence-corrected chi connectivity index (χ0v) is 25.6. The molecule has 0 aromatic carbocycles. The van der Waals surface area contributed by atoms with E-state index in [0.29, 0.717) is 41.6 Å². The van der Waals surface area contributed by atoms with E-state index in [1.807, 2.05) is 0 Å². The Morgan fingerprint density at radius 3 is 2.11 bits per heavy atom. The van der Waals surface area contributed by atoms with Gasteiger partial charge in [0.1, 0.15) is 6.10 Å². The van der Waals surface area contributed by atoms with E-state index in [1.165, 1.54) is 56.9 Å². The minimum absolute atomic E-state index is 0.00000109. The highest BCUT2D eigenvalue weighted by atomic mass is 16.5. The fraction of sp³-hybridized carbons (Fsp3) is 0.882. The van der Waals surface area contributed by atoms with Crippen molar-refractivity contribution in [1.29, 1.82) is 0 Å². The van der Waals surface area contributed by atoms with Crippen molar-refractivity contribution in [1.82, 2.24) is 0 Å². The van der Waals surface area contributed by atoms with Crippen molar-refractivity contribution < 1.29 is 19.1 Å². The lowest BCUT2D eigenvalue weighted by molar-refractivity contribution is -0.252. The molecule has 5 aliphatic carbocycles. The second kappa shape index (κ2) is 9.10. The van der Waals surface area contributed by atoms with Crippen LogP contribution < -0.4 is 0 Å². The van der Waals surface area contributed by atoms with E-state index in [1.54, 1.807) is 13.8 Å². The average molecular weight is 527 g/mol. The van der Waals surface area contributed by atoms with Crippen molar-refractivity contribution >= 4 is 11.9 Å². The van der Waals surface area contributed by atoms with E-state index in [-0.39, 0.29) is 39.7 Å². The second-order valence-corrected chi connectivity index (χ2v) is 15.8. The first-order valence-corrected chi connectivity index (χ1v) is 15.6. The van der Waals surface area contributed by atoms with E-state index >= 15 is 0 Å². The maximum atomic E-state index is 11.9. The van der Waals surface area contributed by atoms with E-state index in [9.17, 15) is 9.59 Å². The first-order valence-electron chi connectivity index (χ1n) is 15.6. The molecule has 0 radical (unpaired) electrons. The van der Waals surface area contributed by atoms with Crippen LogP contribution >= 0.6 is 0 Å². The predicted molar refractivity (Wildman–Crippen MR) is 151 cm³/mol. The van der Waals surface area contributed by atoms with Crippen LogP contribution in [0.1, 0.15) is 120 Å². The number of carbonyl (C=O) groups is 2. The molecule has 0 aromatic rings. The van der Waals surface area contributed by atoms with Gasteiger partial charge in [-0.05, 0) is 117 Å². The molecule has 0 bridgehead atoms. The molecule has 10 atom stereocenters. The van der Waals surface area contributed by atoms with Gasteiger partial charge in [-0.25, -0.2) is 0 Å². The lowest BCUT2D eigenvalue weighted by Gasteiger charge is -2.73. The molecule has 0 aromatic heterocycles. The summed E-state index contributed by atoms with van der Waals surface area (Å²) in [5.41, 5.74) is 2.30. The van der Waals surface area contributed by atoms with Crippen LogP contribution in [0.5, 0.6) is 0 Å². The summed E-state index contributed by atoms with van der Waals surface area (Å²) >= 11 is 0. The highest BCUT2D eigenvalue weighted by Gasteiger charge is 2.71.